The van der Waals surface area contributed by atoms with Gasteiger partial charge in [-0.2, -0.15) is 11.3 Å². The van der Waals surface area contributed by atoms with Crippen molar-refractivity contribution in [2.24, 2.45) is 0 Å². The topological polar surface area (TPSA) is 34.2 Å². The van der Waals surface area contributed by atoms with Crippen LogP contribution in [0, 0.1) is 0 Å². The molecule has 1 heterocycles. The third-order valence-corrected chi connectivity index (χ3v) is 6.63. The number of hydrogen-bond donors (Lipinski definition) is 0. The Labute approximate surface area is 225 Å². The molecule has 0 fully saturated rings. The quantitative estimate of drug-likeness (QED) is 0.281. The molecular weight excluding hydrogens is 500 g/mol. The number of anilines is 2. The minimum atomic E-state index is -0.0632. The van der Waals surface area contributed by atoms with Gasteiger partial charge in [-0.3, -0.25) is 0 Å². The number of rotatable bonds is 9. The summed E-state index contributed by atoms with van der Waals surface area (Å²) in [4.78, 5) is 4.00. The van der Waals surface area contributed by atoms with E-state index in [4.69, 9.17) is 26.4 Å². The molecule has 0 aliphatic carbocycles. The third kappa shape index (κ3) is 8.39. The average molecular weight is 535 g/mol. The SMILES string of the molecule is COC(COc1cccc(N(C)C(=S)Oc2ccc(C(C)(C)C)cc2)c1)CN(C)c1ccsc1.Cl. The molecule has 2 aromatic carbocycles. The van der Waals surface area contributed by atoms with Gasteiger partial charge in [-0.25, -0.2) is 0 Å². The maximum atomic E-state index is 6.05. The molecule has 0 spiro atoms. The molecule has 5 nitrogen and oxygen atoms in total. The summed E-state index contributed by atoms with van der Waals surface area (Å²) in [6.45, 7) is 7.74. The number of likely N-dealkylation sites (N-methyl/N-ethyl adjacent to an activating group) is 1. The van der Waals surface area contributed by atoms with Crippen molar-refractivity contribution in [2.45, 2.75) is 32.3 Å². The third-order valence-electron chi connectivity index (χ3n) is 5.60. The molecule has 0 saturated carbocycles. The Hall–Kier alpha value is -2.32. The van der Waals surface area contributed by atoms with E-state index in [2.05, 4.69) is 61.7 Å². The Morgan fingerprint density at radius 3 is 2.31 bits per heavy atom. The van der Waals surface area contributed by atoms with E-state index >= 15 is 0 Å². The first-order valence-electron chi connectivity index (χ1n) is 11.2. The van der Waals surface area contributed by atoms with Gasteiger partial charge in [-0.1, -0.05) is 39.0 Å². The monoisotopic (exact) mass is 534 g/mol. The minimum absolute atomic E-state index is 0. The molecule has 0 aliphatic rings. The zero-order valence-electron chi connectivity index (χ0n) is 21.2. The molecule has 0 bridgehead atoms. The van der Waals surface area contributed by atoms with Crippen molar-refractivity contribution in [1.29, 1.82) is 0 Å². The molecule has 8 heteroatoms. The summed E-state index contributed by atoms with van der Waals surface area (Å²) in [6.07, 6.45) is -0.0632. The first-order chi connectivity index (χ1) is 16.2. The second-order valence-electron chi connectivity index (χ2n) is 9.23. The molecule has 0 N–H and O–H groups in total. The number of hydrogen-bond acceptors (Lipinski definition) is 6. The largest absolute Gasteiger partial charge is 0.491 e. The number of ether oxygens (including phenoxy) is 3. The van der Waals surface area contributed by atoms with Crippen LogP contribution in [0.15, 0.2) is 65.4 Å². The van der Waals surface area contributed by atoms with Crippen LogP contribution in [0.4, 0.5) is 11.4 Å². The van der Waals surface area contributed by atoms with Crippen LogP contribution in [0.1, 0.15) is 26.3 Å². The van der Waals surface area contributed by atoms with Gasteiger partial charge in [0.25, 0.3) is 5.17 Å². The molecule has 0 amide bonds. The lowest BCUT2D eigenvalue weighted by atomic mass is 9.87. The maximum absolute atomic E-state index is 6.05. The second kappa shape index (κ2) is 13.1. The normalized spacial score (nSPS) is 11.8. The molecule has 3 rings (SSSR count). The molecule has 1 aromatic heterocycles. The van der Waals surface area contributed by atoms with Crippen molar-refractivity contribution in [2.75, 3.05) is 44.2 Å². The minimum Gasteiger partial charge on any atom is -0.491 e. The fourth-order valence-corrected chi connectivity index (χ4v) is 4.25. The number of methoxy groups -OCH3 is 1. The van der Waals surface area contributed by atoms with Crippen molar-refractivity contribution in [3.05, 3.63) is 70.9 Å². The van der Waals surface area contributed by atoms with Gasteiger partial charge >= 0.3 is 0 Å². The fraction of sp³-hybridized carbons (Fsp3) is 0.370. The summed E-state index contributed by atoms with van der Waals surface area (Å²) >= 11 is 7.22. The van der Waals surface area contributed by atoms with Crippen LogP contribution in [-0.4, -0.2) is 45.6 Å². The molecule has 0 aliphatic heterocycles. The zero-order chi connectivity index (χ0) is 24.7. The molecule has 1 unspecified atom stereocenters. The molecular formula is C27H35ClN2O3S2. The van der Waals surface area contributed by atoms with E-state index in [9.17, 15) is 0 Å². The summed E-state index contributed by atoms with van der Waals surface area (Å²) in [5.41, 5.74) is 3.41. The highest BCUT2D eigenvalue weighted by Crippen LogP contribution is 2.26. The molecule has 0 radical (unpaired) electrons. The van der Waals surface area contributed by atoms with Crippen molar-refractivity contribution >= 4 is 52.5 Å². The van der Waals surface area contributed by atoms with Gasteiger partial charge in [0.1, 0.15) is 24.2 Å². The highest BCUT2D eigenvalue weighted by Gasteiger charge is 2.16. The number of thiophene rings is 1. The fourth-order valence-electron chi connectivity index (χ4n) is 3.35. The Kier molecular flexibility index (Phi) is 10.8. The summed E-state index contributed by atoms with van der Waals surface area (Å²) in [6, 6.07) is 18.0. The van der Waals surface area contributed by atoms with Gasteiger partial charge in [0.2, 0.25) is 0 Å². The Bertz CT molecular complexity index is 1050. The van der Waals surface area contributed by atoms with E-state index in [0.717, 1.165) is 23.7 Å². The van der Waals surface area contributed by atoms with Crippen LogP contribution in [0.3, 0.4) is 0 Å². The second-order valence-corrected chi connectivity index (χ2v) is 10.4. The van der Waals surface area contributed by atoms with Crippen molar-refractivity contribution in [1.82, 2.24) is 0 Å². The van der Waals surface area contributed by atoms with Crippen molar-refractivity contribution in [3.8, 4) is 11.5 Å². The zero-order valence-corrected chi connectivity index (χ0v) is 23.6. The molecule has 0 saturated heterocycles. The van der Waals surface area contributed by atoms with Gasteiger partial charge in [-0.15, -0.1) is 12.4 Å². The van der Waals surface area contributed by atoms with E-state index in [1.807, 2.05) is 48.3 Å². The predicted octanol–water partition coefficient (Wildman–Crippen LogP) is 6.80. The van der Waals surface area contributed by atoms with Crippen LogP contribution in [-0.2, 0) is 10.2 Å². The van der Waals surface area contributed by atoms with Crippen LogP contribution in [0.5, 0.6) is 11.5 Å². The highest BCUT2D eigenvalue weighted by molar-refractivity contribution is 7.80. The predicted molar refractivity (Wildman–Crippen MR) is 154 cm³/mol. The lowest BCUT2D eigenvalue weighted by Gasteiger charge is -2.24. The number of nitrogens with zero attached hydrogens (tertiary/aromatic N) is 2. The van der Waals surface area contributed by atoms with Gasteiger partial charge < -0.3 is 24.0 Å². The van der Waals surface area contributed by atoms with Crippen molar-refractivity contribution in [3.63, 3.8) is 0 Å². The van der Waals surface area contributed by atoms with Gasteiger partial charge in [0, 0.05) is 50.6 Å². The number of thiocarbonyl (C=S) groups is 1. The first-order valence-corrected chi connectivity index (χ1v) is 12.6. The highest BCUT2D eigenvalue weighted by atomic mass is 35.5. The van der Waals surface area contributed by atoms with E-state index in [0.29, 0.717) is 11.8 Å². The van der Waals surface area contributed by atoms with Crippen LogP contribution in [0.25, 0.3) is 0 Å². The van der Waals surface area contributed by atoms with Gasteiger partial charge in [0.05, 0.1) is 0 Å². The Morgan fingerprint density at radius 2 is 1.71 bits per heavy atom. The van der Waals surface area contributed by atoms with Crippen LogP contribution < -0.4 is 19.3 Å². The summed E-state index contributed by atoms with van der Waals surface area (Å²) in [5.74, 6) is 1.47. The lowest BCUT2D eigenvalue weighted by molar-refractivity contribution is 0.0636. The van der Waals surface area contributed by atoms with E-state index in [1.165, 1.54) is 11.3 Å². The van der Waals surface area contributed by atoms with Crippen LogP contribution >= 0.6 is 36.0 Å². The van der Waals surface area contributed by atoms with E-state index in [1.54, 1.807) is 18.4 Å². The van der Waals surface area contributed by atoms with Gasteiger partial charge in [0.15, 0.2) is 0 Å². The summed E-state index contributed by atoms with van der Waals surface area (Å²) in [7, 11) is 5.66. The molecule has 190 valence electrons. The van der Waals surface area contributed by atoms with E-state index in [-0.39, 0.29) is 23.9 Å². The lowest BCUT2D eigenvalue weighted by Crippen LogP contribution is -2.34. The first kappa shape index (κ1) is 28.9. The summed E-state index contributed by atoms with van der Waals surface area (Å²) < 4.78 is 17.6. The Balaban J connectivity index is 0.00000432. The number of halogens is 1. The van der Waals surface area contributed by atoms with E-state index < -0.39 is 0 Å². The Morgan fingerprint density at radius 1 is 1.00 bits per heavy atom. The van der Waals surface area contributed by atoms with Crippen molar-refractivity contribution < 1.29 is 14.2 Å². The summed E-state index contributed by atoms with van der Waals surface area (Å²) in [5, 5.41) is 4.56. The smallest absolute Gasteiger partial charge is 0.269 e. The molecule has 3 aromatic rings. The molecule has 1 atom stereocenters. The maximum Gasteiger partial charge on any atom is 0.269 e. The standard InChI is InChI=1S/C27H34N2O3S2.ClH/c1-27(2,3)20-10-12-23(13-11-20)32-26(33)29(5)21-8-7-9-24(16-21)31-18-25(30-6)17-28(4)22-14-15-34-19-22;/h7-16,19,25H,17-18H2,1-6H3;1H. The van der Waals surface area contributed by atoms with Crippen LogP contribution in [0.2, 0.25) is 0 Å². The van der Waals surface area contributed by atoms with Gasteiger partial charge in [-0.05, 0) is 58.9 Å². The average Bonchev–Trinajstić information content (AvgIpc) is 3.36. The number of benzene rings is 2. The molecule has 35 heavy (non-hydrogen) atoms.